The number of nitrogens with zero attached hydrogens (tertiary/aromatic N) is 1. The summed E-state index contributed by atoms with van der Waals surface area (Å²) in [5.74, 6) is 1.84. The van der Waals surface area contributed by atoms with Gasteiger partial charge in [-0.3, -0.25) is 4.79 Å². The summed E-state index contributed by atoms with van der Waals surface area (Å²) in [6, 6.07) is 9.55. The van der Waals surface area contributed by atoms with Crippen molar-refractivity contribution in [3.8, 4) is 11.6 Å². The number of hydrogen-bond acceptors (Lipinski definition) is 4. The second kappa shape index (κ2) is 11.9. The number of carbonyl (C=O) groups is 1. The molecule has 5 nitrogen and oxygen atoms in total. The van der Waals surface area contributed by atoms with Gasteiger partial charge in [0.15, 0.2) is 0 Å². The molecule has 0 spiro atoms. The minimum atomic E-state index is 0. The first-order valence-electron chi connectivity index (χ1n) is 9.33. The molecule has 0 radical (unpaired) electrons. The van der Waals surface area contributed by atoms with Crippen LogP contribution in [0, 0.1) is 19.8 Å². The van der Waals surface area contributed by atoms with Gasteiger partial charge < -0.3 is 15.4 Å². The lowest BCUT2D eigenvalue weighted by molar-refractivity contribution is -0.116. The highest BCUT2D eigenvalue weighted by atomic mass is 35.5. The summed E-state index contributed by atoms with van der Waals surface area (Å²) in [5, 5.41) is 6.32. The molecule has 1 aliphatic heterocycles. The van der Waals surface area contributed by atoms with Crippen molar-refractivity contribution in [1.29, 1.82) is 0 Å². The highest BCUT2D eigenvalue weighted by Crippen LogP contribution is 2.30. The van der Waals surface area contributed by atoms with Crippen molar-refractivity contribution < 1.29 is 9.53 Å². The highest BCUT2D eigenvalue weighted by Gasteiger charge is 2.16. The molecule has 1 aromatic carbocycles. The number of halogens is 2. The van der Waals surface area contributed by atoms with E-state index in [4.69, 9.17) is 4.74 Å². The van der Waals surface area contributed by atoms with Crippen LogP contribution in [0.1, 0.15) is 36.8 Å². The van der Waals surface area contributed by atoms with Crippen LogP contribution in [0.3, 0.4) is 0 Å². The summed E-state index contributed by atoms with van der Waals surface area (Å²) in [6.07, 6.45) is 5.44. The van der Waals surface area contributed by atoms with Gasteiger partial charge in [0.2, 0.25) is 11.8 Å². The number of aryl methyl sites for hydroxylation is 1. The highest BCUT2D eigenvalue weighted by molar-refractivity contribution is 5.91. The van der Waals surface area contributed by atoms with Gasteiger partial charge >= 0.3 is 0 Å². The summed E-state index contributed by atoms with van der Waals surface area (Å²) < 4.78 is 5.98. The number of anilines is 1. The monoisotopic (exact) mass is 425 g/mol. The van der Waals surface area contributed by atoms with E-state index in [2.05, 4.69) is 15.6 Å². The Morgan fingerprint density at radius 3 is 2.68 bits per heavy atom. The van der Waals surface area contributed by atoms with E-state index in [0.29, 0.717) is 23.9 Å². The van der Waals surface area contributed by atoms with Gasteiger partial charge in [-0.05, 0) is 81.4 Å². The first-order chi connectivity index (χ1) is 12.6. The largest absolute Gasteiger partial charge is 0.437 e. The minimum absolute atomic E-state index is 0. The average Bonchev–Trinajstić information content (AvgIpc) is 2.66. The van der Waals surface area contributed by atoms with Crippen molar-refractivity contribution in [2.45, 2.75) is 39.5 Å². The zero-order valence-corrected chi connectivity index (χ0v) is 18.0. The number of nitrogens with one attached hydrogen (secondary N) is 2. The van der Waals surface area contributed by atoms with Gasteiger partial charge in [-0.15, -0.1) is 24.8 Å². The molecule has 0 bridgehead atoms. The fraction of sp³-hybridized carbons (Fsp3) is 0.429. The molecule has 1 aromatic heterocycles. The van der Waals surface area contributed by atoms with Crippen molar-refractivity contribution >= 4 is 36.4 Å². The van der Waals surface area contributed by atoms with Gasteiger partial charge in [0.1, 0.15) is 11.4 Å². The van der Waals surface area contributed by atoms with Crippen molar-refractivity contribution in [2.75, 3.05) is 18.4 Å². The Bertz CT molecular complexity index is 765. The second-order valence-corrected chi connectivity index (χ2v) is 6.94. The predicted octanol–water partition coefficient (Wildman–Crippen LogP) is 5.05. The normalized spacial score (nSPS) is 13.8. The predicted molar refractivity (Wildman–Crippen MR) is 118 cm³/mol. The molecule has 1 saturated heterocycles. The fourth-order valence-electron chi connectivity index (χ4n) is 3.22. The van der Waals surface area contributed by atoms with Crippen molar-refractivity contribution in [2.24, 2.45) is 5.92 Å². The number of piperidine rings is 1. The fourth-order valence-corrected chi connectivity index (χ4v) is 3.22. The molecule has 2 heterocycles. The molecule has 1 aliphatic rings. The Labute approximate surface area is 179 Å². The molecule has 2 aromatic rings. The Morgan fingerprint density at radius 1 is 1.18 bits per heavy atom. The van der Waals surface area contributed by atoms with E-state index in [0.717, 1.165) is 49.2 Å². The first-order valence-corrected chi connectivity index (χ1v) is 9.33. The zero-order chi connectivity index (χ0) is 18.4. The molecule has 0 unspecified atom stereocenters. The standard InChI is InChI=1S/C21H27N3O2.2ClH/c1-15-5-3-7-19(16(15)2)26-21-18(6-4-12-23-21)24-20(25)9-8-17-10-13-22-14-11-17;;/h3-7,12,17,22H,8-11,13-14H2,1-2H3,(H,24,25);2*1H. The van der Waals surface area contributed by atoms with E-state index in [1.54, 1.807) is 12.3 Å². The van der Waals surface area contributed by atoms with E-state index >= 15 is 0 Å². The van der Waals surface area contributed by atoms with Crippen molar-refractivity contribution in [3.63, 3.8) is 0 Å². The number of pyridine rings is 1. The number of ether oxygens (including phenoxy) is 1. The van der Waals surface area contributed by atoms with Crippen LogP contribution in [0.2, 0.25) is 0 Å². The summed E-state index contributed by atoms with van der Waals surface area (Å²) in [6.45, 7) is 6.18. The van der Waals surface area contributed by atoms with Crippen molar-refractivity contribution in [3.05, 3.63) is 47.7 Å². The van der Waals surface area contributed by atoms with E-state index in [-0.39, 0.29) is 30.7 Å². The van der Waals surface area contributed by atoms with Gasteiger partial charge in [-0.25, -0.2) is 4.98 Å². The molecule has 1 fully saturated rings. The van der Waals surface area contributed by atoms with E-state index in [9.17, 15) is 4.79 Å². The van der Waals surface area contributed by atoms with Crippen LogP contribution < -0.4 is 15.4 Å². The average molecular weight is 426 g/mol. The van der Waals surface area contributed by atoms with Crippen LogP contribution in [0.5, 0.6) is 11.6 Å². The molecule has 1 amide bonds. The summed E-state index contributed by atoms with van der Waals surface area (Å²) in [5.41, 5.74) is 2.84. The molecule has 28 heavy (non-hydrogen) atoms. The molecule has 0 atom stereocenters. The lowest BCUT2D eigenvalue weighted by Crippen LogP contribution is -2.28. The SMILES string of the molecule is Cc1cccc(Oc2ncccc2NC(=O)CCC2CCNCC2)c1C.Cl.Cl. The van der Waals surface area contributed by atoms with Crippen molar-refractivity contribution in [1.82, 2.24) is 10.3 Å². The zero-order valence-electron chi connectivity index (χ0n) is 16.4. The molecular formula is C21H29Cl2N3O2. The van der Waals surface area contributed by atoms with Gasteiger partial charge in [-0.2, -0.15) is 0 Å². The van der Waals surface area contributed by atoms with E-state index in [1.807, 2.05) is 38.1 Å². The van der Waals surface area contributed by atoms with Crippen LogP contribution in [0.4, 0.5) is 5.69 Å². The van der Waals surface area contributed by atoms with Crippen LogP contribution in [-0.2, 0) is 4.79 Å². The Morgan fingerprint density at radius 2 is 1.93 bits per heavy atom. The smallest absolute Gasteiger partial charge is 0.243 e. The lowest BCUT2D eigenvalue weighted by Gasteiger charge is -2.22. The molecule has 0 saturated carbocycles. The number of benzene rings is 1. The number of hydrogen-bond donors (Lipinski definition) is 2. The van der Waals surface area contributed by atoms with Gasteiger partial charge in [-0.1, -0.05) is 12.1 Å². The number of rotatable bonds is 6. The maximum absolute atomic E-state index is 12.4. The molecular weight excluding hydrogens is 397 g/mol. The number of amides is 1. The third-order valence-corrected chi connectivity index (χ3v) is 5.05. The van der Waals surface area contributed by atoms with Crippen LogP contribution >= 0.6 is 24.8 Å². The number of carbonyl (C=O) groups excluding carboxylic acids is 1. The lowest BCUT2D eigenvalue weighted by atomic mass is 9.93. The van der Waals surface area contributed by atoms with Crippen LogP contribution in [0.15, 0.2) is 36.5 Å². The van der Waals surface area contributed by atoms with Gasteiger partial charge in [0.25, 0.3) is 0 Å². The summed E-state index contributed by atoms with van der Waals surface area (Å²) in [4.78, 5) is 16.7. The summed E-state index contributed by atoms with van der Waals surface area (Å²) in [7, 11) is 0. The third-order valence-electron chi connectivity index (χ3n) is 5.05. The molecule has 154 valence electrons. The Hall–Kier alpha value is -1.82. The van der Waals surface area contributed by atoms with E-state index < -0.39 is 0 Å². The quantitative estimate of drug-likeness (QED) is 0.679. The molecule has 0 aliphatic carbocycles. The van der Waals surface area contributed by atoms with Gasteiger partial charge in [0.05, 0.1) is 0 Å². The molecule has 2 N–H and O–H groups in total. The van der Waals surface area contributed by atoms with E-state index in [1.165, 1.54) is 0 Å². The topological polar surface area (TPSA) is 63.2 Å². The number of aromatic nitrogens is 1. The maximum atomic E-state index is 12.4. The first kappa shape index (κ1) is 24.2. The van der Waals surface area contributed by atoms with Gasteiger partial charge in [0, 0.05) is 12.6 Å². The minimum Gasteiger partial charge on any atom is -0.437 e. The molecule has 3 rings (SSSR count). The third kappa shape index (κ3) is 6.66. The maximum Gasteiger partial charge on any atom is 0.243 e. The van der Waals surface area contributed by atoms with Crippen LogP contribution in [-0.4, -0.2) is 24.0 Å². The summed E-state index contributed by atoms with van der Waals surface area (Å²) >= 11 is 0. The Kier molecular flexibility index (Phi) is 10.3. The second-order valence-electron chi connectivity index (χ2n) is 6.94. The Balaban J connectivity index is 0.00000196. The molecule has 7 heteroatoms. The van der Waals surface area contributed by atoms with Crippen LogP contribution in [0.25, 0.3) is 0 Å².